The Hall–Kier alpha value is -1.40. The standard InChI is InChI=1S/C14H25N5O/c1-9(2)12-16-13(18-15)10(3)14(17-12)20-11-5-7-19(4)8-6-11/h9,11H,5-8,15H2,1-4H3,(H,16,17,18). The van der Waals surface area contributed by atoms with Crippen molar-refractivity contribution in [1.82, 2.24) is 14.9 Å². The van der Waals surface area contributed by atoms with Gasteiger partial charge in [-0.2, -0.15) is 4.98 Å². The van der Waals surface area contributed by atoms with Gasteiger partial charge < -0.3 is 15.1 Å². The zero-order chi connectivity index (χ0) is 14.7. The van der Waals surface area contributed by atoms with E-state index in [1.165, 1.54) is 0 Å². The summed E-state index contributed by atoms with van der Waals surface area (Å²) >= 11 is 0. The Balaban J connectivity index is 2.19. The Labute approximate surface area is 120 Å². The van der Waals surface area contributed by atoms with E-state index in [0.717, 1.165) is 37.3 Å². The highest BCUT2D eigenvalue weighted by Gasteiger charge is 2.21. The number of piperidine rings is 1. The van der Waals surface area contributed by atoms with E-state index in [9.17, 15) is 0 Å². The Morgan fingerprint density at radius 3 is 2.50 bits per heavy atom. The minimum Gasteiger partial charge on any atom is -0.474 e. The lowest BCUT2D eigenvalue weighted by molar-refractivity contribution is 0.109. The monoisotopic (exact) mass is 279 g/mol. The number of ether oxygens (including phenoxy) is 1. The Kier molecular flexibility index (Phi) is 4.77. The summed E-state index contributed by atoms with van der Waals surface area (Å²) in [5.74, 6) is 7.84. The van der Waals surface area contributed by atoms with Gasteiger partial charge in [0.25, 0.3) is 0 Å². The van der Waals surface area contributed by atoms with Crippen molar-refractivity contribution < 1.29 is 4.74 Å². The Morgan fingerprint density at radius 2 is 1.95 bits per heavy atom. The lowest BCUT2D eigenvalue weighted by Gasteiger charge is -2.29. The largest absolute Gasteiger partial charge is 0.474 e. The number of likely N-dealkylation sites (tertiary alicyclic amines) is 1. The molecule has 0 amide bonds. The number of nitrogen functional groups attached to an aromatic ring is 1. The molecule has 0 saturated carbocycles. The minimum atomic E-state index is 0.227. The maximum absolute atomic E-state index is 6.09. The number of hydrogen-bond donors (Lipinski definition) is 2. The molecule has 0 aliphatic carbocycles. The fraction of sp³-hybridized carbons (Fsp3) is 0.714. The smallest absolute Gasteiger partial charge is 0.222 e. The molecule has 112 valence electrons. The molecule has 1 aliphatic heterocycles. The first-order valence-electron chi connectivity index (χ1n) is 7.21. The van der Waals surface area contributed by atoms with Gasteiger partial charge in [0.2, 0.25) is 5.88 Å². The fourth-order valence-electron chi connectivity index (χ4n) is 2.29. The Bertz CT molecular complexity index is 455. The van der Waals surface area contributed by atoms with Gasteiger partial charge in [-0.3, -0.25) is 0 Å². The van der Waals surface area contributed by atoms with Gasteiger partial charge in [0.15, 0.2) is 0 Å². The van der Waals surface area contributed by atoms with Crippen LogP contribution in [0.3, 0.4) is 0 Å². The van der Waals surface area contributed by atoms with Crippen LogP contribution in [0.1, 0.15) is 44.0 Å². The minimum absolute atomic E-state index is 0.227. The second kappa shape index (κ2) is 6.37. The summed E-state index contributed by atoms with van der Waals surface area (Å²) in [7, 11) is 2.14. The van der Waals surface area contributed by atoms with Crippen LogP contribution in [0.2, 0.25) is 0 Å². The first-order valence-corrected chi connectivity index (χ1v) is 7.21. The number of nitrogens with one attached hydrogen (secondary N) is 1. The molecular formula is C14H25N5O. The number of hydrogen-bond acceptors (Lipinski definition) is 6. The molecular weight excluding hydrogens is 254 g/mol. The molecule has 0 bridgehead atoms. The van der Waals surface area contributed by atoms with Crippen molar-refractivity contribution in [2.45, 2.75) is 45.6 Å². The molecule has 3 N–H and O–H groups in total. The normalized spacial score (nSPS) is 17.5. The predicted octanol–water partition coefficient (Wildman–Crippen LogP) is 1.67. The molecule has 1 saturated heterocycles. The van der Waals surface area contributed by atoms with E-state index < -0.39 is 0 Å². The zero-order valence-electron chi connectivity index (χ0n) is 12.8. The third-order valence-corrected chi connectivity index (χ3v) is 3.72. The second-order valence-electron chi connectivity index (χ2n) is 5.78. The molecule has 20 heavy (non-hydrogen) atoms. The van der Waals surface area contributed by atoms with Crippen LogP contribution in [0.15, 0.2) is 0 Å². The van der Waals surface area contributed by atoms with Crippen LogP contribution < -0.4 is 16.0 Å². The molecule has 2 rings (SSSR count). The first kappa shape index (κ1) is 15.0. The summed E-state index contributed by atoms with van der Waals surface area (Å²) in [4.78, 5) is 11.3. The van der Waals surface area contributed by atoms with E-state index in [2.05, 4.69) is 41.2 Å². The molecule has 1 aromatic heterocycles. The van der Waals surface area contributed by atoms with Crippen LogP contribution >= 0.6 is 0 Å². The molecule has 6 nitrogen and oxygen atoms in total. The maximum Gasteiger partial charge on any atom is 0.222 e. The van der Waals surface area contributed by atoms with Crippen molar-refractivity contribution in [3.63, 3.8) is 0 Å². The number of nitrogens with two attached hydrogens (primary N) is 1. The van der Waals surface area contributed by atoms with Crippen molar-refractivity contribution in [3.05, 3.63) is 11.4 Å². The van der Waals surface area contributed by atoms with Gasteiger partial charge in [0, 0.05) is 19.0 Å². The summed E-state index contributed by atoms with van der Waals surface area (Å²) in [5.41, 5.74) is 3.51. The molecule has 2 heterocycles. The lowest BCUT2D eigenvalue weighted by atomic mass is 10.1. The molecule has 1 aromatic rings. The van der Waals surface area contributed by atoms with E-state index in [4.69, 9.17) is 10.6 Å². The zero-order valence-corrected chi connectivity index (χ0v) is 12.8. The van der Waals surface area contributed by atoms with Gasteiger partial charge >= 0.3 is 0 Å². The van der Waals surface area contributed by atoms with Gasteiger partial charge in [0.05, 0.1) is 5.56 Å². The molecule has 6 heteroatoms. The van der Waals surface area contributed by atoms with Gasteiger partial charge in [0.1, 0.15) is 17.7 Å². The van der Waals surface area contributed by atoms with E-state index in [0.29, 0.717) is 11.7 Å². The highest BCUT2D eigenvalue weighted by atomic mass is 16.5. The van der Waals surface area contributed by atoms with E-state index in [1.807, 2.05) is 6.92 Å². The van der Waals surface area contributed by atoms with Crippen LogP contribution in [0.4, 0.5) is 5.82 Å². The summed E-state index contributed by atoms with van der Waals surface area (Å²) in [5, 5.41) is 0. The lowest BCUT2D eigenvalue weighted by Crippen LogP contribution is -2.36. The van der Waals surface area contributed by atoms with E-state index in [-0.39, 0.29) is 12.0 Å². The highest BCUT2D eigenvalue weighted by Crippen LogP contribution is 2.26. The number of nitrogens with zero attached hydrogens (tertiary/aromatic N) is 3. The van der Waals surface area contributed by atoms with Gasteiger partial charge in [-0.15, -0.1) is 0 Å². The highest BCUT2D eigenvalue weighted by molar-refractivity contribution is 5.47. The van der Waals surface area contributed by atoms with E-state index in [1.54, 1.807) is 0 Å². The fourth-order valence-corrected chi connectivity index (χ4v) is 2.29. The third kappa shape index (κ3) is 3.37. The van der Waals surface area contributed by atoms with Gasteiger partial charge in [-0.25, -0.2) is 10.8 Å². The van der Waals surface area contributed by atoms with Crippen molar-refractivity contribution in [2.75, 3.05) is 25.6 Å². The predicted molar refractivity (Wildman–Crippen MR) is 79.8 cm³/mol. The number of anilines is 1. The first-order chi connectivity index (χ1) is 9.51. The van der Waals surface area contributed by atoms with Gasteiger partial charge in [-0.05, 0) is 26.8 Å². The average Bonchev–Trinajstić information content (AvgIpc) is 2.43. The quantitative estimate of drug-likeness (QED) is 0.645. The molecule has 0 aromatic carbocycles. The van der Waals surface area contributed by atoms with Crippen LogP contribution in [0.25, 0.3) is 0 Å². The van der Waals surface area contributed by atoms with Crippen molar-refractivity contribution in [3.8, 4) is 5.88 Å². The molecule has 0 atom stereocenters. The summed E-state index contributed by atoms with van der Waals surface area (Å²) in [6.45, 7) is 8.18. The number of hydrazine groups is 1. The van der Waals surface area contributed by atoms with Crippen molar-refractivity contribution in [2.24, 2.45) is 5.84 Å². The summed E-state index contributed by atoms with van der Waals surface area (Å²) < 4.78 is 6.09. The molecule has 1 fully saturated rings. The van der Waals surface area contributed by atoms with Crippen LogP contribution in [0, 0.1) is 6.92 Å². The van der Waals surface area contributed by atoms with Crippen molar-refractivity contribution >= 4 is 5.82 Å². The topological polar surface area (TPSA) is 76.3 Å². The second-order valence-corrected chi connectivity index (χ2v) is 5.78. The molecule has 1 aliphatic rings. The van der Waals surface area contributed by atoms with Crippen LogP contribution in [-0.2, 0) is 0 Å². The number of aromatic nitrogens is 2. The molecule has 0 spiro atoms. The van der Waals surface area contributed by atoms with Crippen LogP contribution in [0.5, 0.6) is 5.88 Å². The SMILES string of the molecule is Cc1c(NN)nc(C(C)C)nc1OC1CCN(C)CC1. The summed E-state index contributed by atoms with van der Waals surface area (Å²) in [6.07, 6.45) is 2.29. The molecule has 0 radical (unpaired) electrons. The third-order valence-electron chi connectivity index (χ3n) is 3.72. The Morgan fingerprint density at radius 1 is 1.30 bits per heavy atom. The molecule has 0 unspecified atom stereocenters. The number of rotatable bonds is 4. The van der Waals surface area contributed by atoms with Gasteiger partial charge in [-0.1, -0.05) is 13.8 Å². The summed E-state index contributed by atoms with van der Waals surface area (Å²) in [6, 6.07) is 0. The maximum atomic E-state index is 6.09. The van der Waals surface area contributed by atoms with E-state index >= 15 is 0 Å². The average molecular weight is 279 g/mol. The van der Waals surface area contributed by atoms with Crippen molar-refractivity contribution in [1.29, 1.82) is 0 Å². The van der Waals surface area contributed by atoms with Crippen LogP contribution in [-0.4, -0.2) is 41.1 Å².